The van der Waals surface area contributed by atoms with Crippen molar-refractivity contribution in [2.45, 2.75) is 12.5 Å². The highest BCUT2D eigenvalue weighted by atomic mass is 19.1. The number of hydrogen-bond acceptors (Lipinski definition) is 4. The normalized spacial score (nSPS) is 17.7. The number of aromatic nitrogens is 2. The van der Waals surface area contributed by atoms with Crippen LogP contribution in [-0.4, -0.2) is 57.5 Å². The molecule has 1 amide bonds. The lowest BCUT2D eigenvalue weighted by atomic mass is 10.1. The maximum Gasteiger partial charge on any atom is 0.306 e. The summed E-state index contributed by atoms with van der Waals surface area (Å²) in [7, 11) is 0. The molecule has 3 rings (SSSR count). The lowest BCUT2D eigenvalue weighted by Crippen LogP contribution is -2.46. The second-order valence-corrected chi connectivity index (χ2v) is 5.46. The quantitative estimate of drug-likeness (QED) is 0.912. The fourth-order valence-electron chi connectivity index (χ4n) is 2.64. The Kier molecular flexibility index (Phi) is 4.57. The predicted octanol–water partition coefficient (Wildman–Crippen LogP) is 1.33. The number of hydrogen-bond donors (Lipinski definition) is 1. The summed E-state index contributed by atoms with van der Waals surface area (Å²) in [5.41, 5.74) is 0.460. The van der Waals surface area contributed by atoms with Crippen LogP contribution in [0, 0.1) is 5.82 Å². The fourth-order valence-corrected chi connectivity index (χ4v) is 2.64. The van der Waals surface area contributed by atoms with E-state index in [9.17, 15) is 14.0 Å². The van der Waals surface area contributed by atoms with Gasteiger partial charge in [0.2, 0.25) is 0 Å². The van der Waals surface area contributed by atoms with Gasteiger partial charge in [0.1, 0.15) is 11.5 Å². The molecule has 0 radical (unpaired) electrons. The van der Waals surface area contributed by atoms with Gasteiger partial charge in [-0.1, -0.05) is 0 Å². The third-order valence-electron chi connectivity index (χ3n) is 3.77. The van der Waals surface area contributed by atoms with Gasteiger partial charge >= 0.3 is 5.97 Å². The number of halogens is 1. The van der Waals surface area contributed by atoms with Gasteiger partial charge < -0.3 is 14.7 Å². The third-order valence-corrected chi connectivity index (χ3v) is 3.77. The molecule has 1 aromatic carbocycles. The second kappa shape index (κ2) is 6.79. The number of carboxylic acids is 1. The number of carbonyl (C=O) groups excluding carboxylic acids is 1. The monoisotopic (exact) mass is 333 g/mol. The van der Waals surface area contributed by atoms with E-state index < -0.39 is 17.9 Å². The van der Waals surface area contributed by atoms with Crippen LogP contribution in [-0.2, 0) is 9.53 Å². The van der Waals surface area contributed by atoms with Gasteiger partial charge in [0.15, 0.2) is 0 Å². The van der Waals surface area contributed by atoms with Gasteiger partial charge in [-0.2, -0.15) is 5.10 Å². The molecule has 1 aliphatic rings. The Labute approximate surface area is 137 Å². The molecular weight excluding hydrogens is 317 g/mol. The van der Waals surface area contributed by atoms with Crippen LogP contribution in [0.15, 0.2) is 36.7 Å². The van der Waals surface area contributed by atoms with E-state index in [2.05, 4.69) is 5.10 Å². The number of carbonyl (C=O) groups is 2. The average Bonchev–Trinajstić information content (AvgIpc) is 3.08. The van der Waals surface area contributed by atoms with Crippen LogP contribution < -0.4 is 0 Å². The van der Waals surface area contributed by atoms with E-state index in [1.54, 1.807) is 12.3 Å². The summed E-state index contributed by atoms with van der Waals surface area (Å²) in [5, 5.41) is 12.8. The topological polar surface area (TPSA) is 84.7 Å². The number of carboxylic acid groups (broad SMARTS) is 1. The van der Waals surface area contributed by atoms with Crippen LogP contribution >= 0.6 is 0 Å². The number of ether oxygens (including phenoxy) is 1. The van der Waals surface area contributed by atoms with E-state index in [0.717, 1.165) is 0 Å². The SMILES string of the molecule is O=C(O)CC1CN(C(=O)c2ccc(-n3cccn3)c(F)c2)CCO1. The van der Waals surface area contributed by atoms with E-state index in [-0.39, 0.29) is 36.7 Å². The number of amides is 1. The predicted molar refractivity (Wildman–Crippen MR) is 81.4 cm³/mol. The Morgan fingerprint density at radius 2 is 2.25 bits per heavy atom. The van der Waals surface area contributed by atoms with E-state index in [1.165, 1.54) is 34.0 Å². The molecule has 1 aliphatic heterocycles. The summed E-state index contributed by atoms with van der Waals surface area (Å²) in [6, 6.07) is 5.87. The zero-order valence-electron chi connectivity index (χ0n) is 12.8. The second-order valence-electron chi connectivity index (χ2n) is 5.46. The summed E-state index contributed by atoms with van der Waals surface area (Å²) >= 11 is 0. The molecule has 24 heavy (non-hydrogen) atoms. The smallest absolute Gasteiger partial charge is 0.306 e. The van der Waals surface area contributed by atoms with Crippen molar-refractivity contribution in [2.24, 2.45) is 0 Å². The Balaban J connectivity index is 1.75. The largest absolute Gasteiger partial charge is 0.481 e. The Hall–Kier alpha value is -2.74. The number of rotatable bonds is 4. The Morgan fingerprint density at radius 1 is 1.42 bits per heavy atom. The van der Waals surface area contributed by atoms with E-state index in [0.29, 0.717) is 6.54 Å². The fraction of sp³-hybridized carbons (Fsp3) is 0.312. The zero-order valence-corrected chi connectivity index (χ0v) is 12.8. The number of nitrogens with zero attached hydrogens (tertiary/aromatic N) is 3. The van der Waals surface area contributed by atoms with Crippen molar-refractivity contribution in [3.63, 3.8) is 0 Å². The average molecular weight is 333 g/mol. The lowest BCUT2D eigenvalue weighted by Gasteiger charge is -2.32. The summed E-state index contributed by atoms with van der Waals surface area (Å²) in [4.78, 5) is 24.8. The van der Waals surface area contributed by atoms with Gasteiger partial charge in [-0.15, -0.1) is 0 Å². The molecule has 1 unspecified atom stereocenters. The molecule has 1 fully saturated rings. The molecule has 1 N–H and O–H groups in total. The van der Waals surface area contributed by atoms with Crippen LogP contribution in [0.3, 0.4) is 0 Å². The molecule has 0 bridgehead atoms. The molecule has 2 aromatic rings. The maximum atomic E-state index is 14.3. The molecule has 1 saturated heterocycles. The molecule has 0 saturated carbocycles. The van der Waals surface area contributed by atoms with Crippen molar-refractivity contribution in [2.75, 3.05) is 19.7 Å². The summed E-state index contributed by atoms with van der Waals surface area (Å²) < 4.78 is 21.0. The highest BCUT2D eigenvalue weighted by molar-refractivity contribution is 5.94. The molecule has 8 heteroatoms. The molecule has 0 aliphatic carbocycles. The van der Waals surface area contributed by atoms with Crippen LogP contribution in [0.2, 0.25) is 0 Å². The van der Waals surface area contributed by atoms with Gasteiger partial charge in [-0.25, -0.2) is 9.07 Å². The Morgan fingerprint density at radius 3 is 2.92 bits per heavy atom. The van der Waals surface area contributed by atoms with Crippen molar-refractivity contribution in [3.05, 3.63) is 48.0 Å². The number of benzene rings is 1. The number of aliphatic carboxylic acids is 1. The first-order chi connectivity index (χ1) is 11.5. The Bertz CT molecular complexity index is 748. The molecule has 2 heterocycles. The van der Waals surface area contributed by atoms with Crippen molar-refractivity contribution < 1.29 is 23.8 Å². The highest BCUT2D eigenvalue weighted by Gasteiger charge is 2.27. The number of morpholine rings is 1. The molecule has 1 aromatic heterocycles. The van der Waals surface area contributed by atoms with Gasteiger partial charge in [0.05, 0.1) is 19.1 Å². The molecule has 126 valence electrons. The van der Waals surface area contributed by atoms with E-state index in [1.807, 2.05) is 0 Å². The third kappa shape index (κ3) is 3.43. The van der Waals surface area contributed by atoms with Crippen molar-refractivity contribution >= 4 is 11.9 Å². The van der Waals surface area contributed by atoms with Gasteiger partial charge in [0.25, 0.3) is 5.91 Å². The van der Waals surface area contributed by atoms with Gasteiger partial charge in [-0.3, -0.25) is 9.59 Å². The molecular formula is C16H16FN3O4. The van der Waals surface area contributed by atoms with Crippen LogP contribution in [0.4, 0.5) is 4.39 Å². The van der Waals surface area contributed by atoms with E-state index >= 15 is 0 Å². The van der Waals surface area contributed by atoms with Crippen LogP contribution in [0.5, 0.6) is 0 Å². The highest BCUT2D eigenvalue weighted by Crippen LogP contribution is 2.18. The standard InChI is InChI=1S/C16H16FN3O4/c17-13-8-11(2-3-14(13)20-5-1-4-18-20)16(23)19-6-7-24-12(10-19)9-15(21)22/h1-5,8,12H,6-7,9-10H2,(H,21,22). The minimum Gasteiger partial charge on any atom is -0.481 e. The minimum atomic E-state index is -0.982. The molecule has 1 atom stereocenters. The summed E-state index contributed by atoms with van der Waals surface area (Å²) in [5.74, 6) is -1.89. The van der Waals surface area contributed by atoms with Crippen LogP contribution in [0.1, 0.15) is 16.8 Å². The minimum absolute atomic E-state index is 0.170. The summed E-state index contributed by atoms with van der Waals surface area (Å²) in [6.07, 6.45) is 2.43. The van der Waals surface area contributed by atoms with E-state index in [4.69, 9.17) is 9.84 Å². The van der Waals surface area contributed by atoms with Crippen molar-refractivity contribution in [1.82, 2.24) is 14.7 Å². The van der Waals surface area contributed by atoms with Crippen molar-refractivity contribution in [1.29, 1.82) is 0 Å². The first-order valence-corrected chi connectivity index (χ1v) is 7.47. The zero-order chi connectivity index (χ0) is 17.1. The lowest BCUT2D eigenvalue weighted by molar-refractivity contribution is -0.141. The van der Waals surface area contributed by atoms with Crippen LogP contribution in [0.25, 0.3) is 5.69 Å². The van der Waals surface area contributed by atoms with Gasteiger partial charge in [-0.05, 0) is 24.3 Å². The maximum absolute atomic E-state index is 14.3. The molecule has 7 nitrogen and oxygen atoms in total. The first-order valence-electron chi connectivity index (χ1n) is 7.47. The van der Waals surface area contributed by atoms with Gasteiger partial charge in [0, 0.05) is 31.0 Å². The van der Waals surface area contributed by atoms with Crippen molar-refractivity contribution in [3.8, 4) is 5.69 Å². The molecule has 0 spiro atoms. The summed E-state index contributed by atoms with van der Waals surface area (Å²) in [6.45, 7) is 0.780. The first kappa shape index (κ1) is 16.1.